The molecule has 5 nitrogen and oxygen atoms in total. The molecule has 1 aliphatic rings. The van der Waals surface area contributed by atoms with Crippen LogP contribution in [0, 0.1) is 0 Å². The summed E-state index contributed by atoms with van der Waals surface area (Å²) in [6.07, 6.45) is -0.708. The SMILES string of the molecule is CC1C[O+]1[O-].OCC(O)CO. The van der Waals surface area contributed by atoms with Crippen LogP contribution in [0.1, 0.15) is 6.92 Å². The summed E-state index contributed by atoms with van der Waals surface area (Å²) in [6, 6.07) is 0. The molecule has 1 atom stereocenters. The Morgan fingerprint density at radius 1 is 1.55 bits per heavy atom. The monoisotopic (exact) mass is 166 g/mol. The van der Waals surface area contributed by atoms with Gasteiger partial charge in [-0.3, -0.25) is 0 Å². The Morgan fingerprint density at radius 3 is 1.82 bits per heavy atom. The van der Waals surface area contributed by atoms with E-state index in [1.165, 1.54) is 0 Å². The quantitative estimate of drug-likeness (QED) is 0.241. The second-order valence-electron chi connectivity index (χ2n) is 2.38. The molecule has 0 aromatic rings. The fourth-order valence-corrected chi connectivity index (χ4v) is 0.250. The lowest BCUT2D eigenvalue weighted by Gasteiger charge is -1.96. The molecule has 0 radical (unpaired) electrons. The summed E-state index contributed by atoms with van der Waals surface area (Å²) in [5.74, 6) is 0. The molecular weight excluding hydrogens is 152 g/mol. The largest absolute Gasteiger partial charge is 0.534 e. The molecule has 1 heterocycles. The molecule has 1 fully saturated rings. The summed E-state index contributed by atoms with van der Waals surface area (Å²) in [4.78, 5) is 0. The standard InChI is InChI=1S/C3H8O3.C3H6O2/c4-1-3(6)2-5;1-3-2-5(3)4/h3-6H,1-2H2;3H,2H2,1H3. The molecule has 1 saturated heterocycles. The molecule has 1 aliphatic heterocycles. The molecule has 0 aliphatic carbocycles. The molecule has 1 unspecified atom stereocenters. The van der Waals surface area contributed by atoms with Gasteiger partial charge in [0.05, 0.1) is 13.2 Å². The maximum absolute atomic E-state index is 9.72. The summed E-state index contributed by atoms with van der Waals surface area (Å²) in [5.41, 5.74) is 0. The van der Waals surface area contributed by atoms with Crippen molar-refractivity contribution in [3.05, 3.63) is 0 Å². The van der Waals surface area contributed by atoms with Crippen molar-refractivity contribution in [2.24, 2.45) is 0 Å². The maximum Gasteiger partial charge on any atom is 0.228 e. The fourth-order valence-electron chi connectivity index (χ4n) is 0.250. The average molecular weight is 166 g/mol. The molecule has 1 rings (SSSR count). The van der Waals surface area contributed by atoms with E-state index in [2.05, 4.69) is 0 Å². The Hall–Kier alpha value is -0.200. The van der Waals surface area contributed by atoms with Crippen LogP contribution >= 0.6 is 0 Å². The number of epoxide rings is 1. The first kappa shape index (κ1) is 10.8. The smallest absolute Gasteiger partial charge is 0.228 e. The molecule has 11 heavy (non-hydrogen) atoms. The van der Waals surface area contributed by atoms with Gasteiger partial charge >= 0.3 is 0 Å². The van der Waals surface area contributed by atoms with Crippen molar-refractivity contribution >= 4 is 0 Å². The van der Waals surface area contributed by atoms with E-state index < -0.39 is 6.10 Å². The van der Waals surface area contributed by atoms with Crippen LogP contribution in [0.15, 0.2) is 0 Å². The van der Waals surface area contributed by atoms with E-state index >= 15 is 0 Å². The third-order valence-corrected chi connectivity index (χ3v) is 1.15. The first-order valence-corrected chi connectivity index (χ1v) is 3.38. The average Bonchev–Trinajstić information content (AvgIpc) is 2.64. The van der Waals surface area contributed by atoms with E-state index in [1.54, 1.807) is 4.52 Å². The topological polar surface area (TPSA) is 86.5 Å². The van der Waals surface area contributed by atoms with Gasteiger partial charge in [0.15, 0.2) is 0 Å². The Balaban J connectivity index is 0.000000183. The Kier molecular flexibility index (Phi) is 5.35. The Bertz CT molecular complexity index is 87.0. The number of aliphatic hydroxyl groups is 3. The highest BCUT2D eigenvalue weighted by Gasteiger charge is 2.31. The van der Waals surface area contributed by atoms with E-state index in [-0.39, 0.29) is 19.3 Å². The van der Waals surface area contributed by atoms with Crippen LogP contribution in [0.25, 0.3) is 0 Å². The molecule has 0 amide bonds. The molecule has 5 heteroatoms. The number of aliphatic hydroxyl groups excluding tert-OH is 3. The fraction of sp³-hybridized carbons (Fsp3) is 1.00. The first-order chi connectivity index (χ1) is 5.11. The minimum absolute atomic E-state index is 0.245. The zero-order chi connectivity index (χ0) is 8.85. The predicted molar refractivity (Wildman–Crippen MR) is 35.6 cm³/mol. The zero-order valence-corrected chi connectivity index (χ0v) is 6.43. The number of hydrogen-bond donors (Lipinski definition) is 3. The van der Waals surface area contributed by atoms with Gasteiger partial charge in [0.2, 0.25) is 12.7 Å². The molecule has 0 spiro atoms. The van der Waals surface area contributed by atoms with Crippen molar-refractivity contribution in [3.8, 4) is 0 Å². The minimum Gasteiger partial charge on any atom is -0.534 e. The van der Waals surface area contributed by atoms with Crippen LogP contribution in [0.3, 0.4) is 0 Å². The van der Waals surface area contributed by atoms with Crippen LogP contribution in [0.4, 0.5) is 0 Å². The number of hydrogen-bond acceptors (Lipinski definition) is 4. The second-order valence-corrected chi connectivity index (χ2v) is 2.38. The molecule has 0 aromatic carbocycles. The molecule has 0 saturated carbocycles. The van der Waals surface area contributed by atoms with Gasteiger partial charge in [-0.2, -0.15) is 0 Å². The zero-order valence-electron chi connectivity index (χ0n) is 6.43. The van der Waals surface area contributed by atoms with Gasteiger partial charge in [0.25, 0.3) is 0 Å². The normalized spacial score (nSPS) is 22.9. The Labute approximate surface area is 65.1 Å². The molecule has 3 N–H and O–H groups in total. The van der Waals surface area contributed by atoms with Crippen molar-refractivity contribution in [2.75, 3.05) is 19.8 Å². The van der Waals surface area contributed by atoms with E-state index in [1.807, 2.05) is 6.92 Å². The highest BCUT2D eigenvalue weighted by atomic mass is 17.3. The van der Waals surface area contributed by atoms with Gasteiger partial charge in [-0.1, -0.05) is 0 Å². The van der Waals surface area contributed by atoms with E-state index in [4.69, 9.17) is 15.3 Å². The van der Waals surface area contributed by atoms with Crippen molar-refractivity contribution < 1.29 is 25.1 Å². The van der Waals surface area contributed by atoms with E-state index in [9.17, 15) is 5.26 Å². The van der Waals surface area contributed by atoms with Crippen LogP contribution < -0.4 is 5.26 Å². The van der Waals surface area contributed by atoms with E-state index in [0.29, 0.717) is 6.61 Å². The third kappa shape index (κ3) is 6.21. The van der Waals surface area contributed by atoms with Crippen molar-refractivity contribution in [1.29, 1.82) is 0 Å². The number of rotatable bonds is 2. The van der Waals surface area contributed by atoms with Gasteiger partial charge < -0.3 is 25.1 Å². The summed E-state index contributed by atoms with van der Waals surface area (Å²) < 4.78 is 1.66. The van der Waals surface area contributed by atoms with Gasteiger partial charge in [-0.25, -0.2) is 0 Å². The lowest BCUT2D eigenvalue weighted by Crippen LogP contribution is -2.15. The molecule has 0 aromatic heterocycles. The van der Waals surface area contributed by atoms with Crippen LogP contribution in [0.2, 0.25) is 0 Å². The van der Waals surface area contributed by atoms with Crippen LogP contribution in [-0.2, 0) is 4.52 Å². The highest BCUT2D eigenvalue weighted by molar-refractivity contribution is 4.61. The summed E-state index contributed by atoms with van der Waals surface area (Å²) in [5, 5.41) is 33.7. The van der Waals surface area contributed by atoms with Crippen molar-refractivity contribution in [1.82, 2.24) is 0 Å². The van der Waals surface area contributed by atoms with Crippen molar-refractivity contribution in [2.45, 2.75) is 19.1 Å². The van der Waals surface area contributed by atoms with Crippen molar-refractivity contribution in [3.63, 3.8) is 0 Å². The first-order valence-electron chi connectivity index (χ1n) is 3.38. The molecular formula is C6H14O5. The van der Waals surface area contributed by atoms with Gasteiger partial charge in [0, 0.05) is 6.92 Å². The molecule has 68 valence electrons. The van der Waals surface area contributed by atoms with Crippen LogP contribution in [0.5, 0.6) is 0 Å². The lowest BCUT2D eigenvalue weighted by molar-refractivity contribution is -0.736. The van der Waals surface area contributed by atoms with Crippen LogP contribution in [-0.4, -0.2) is 47.3 Å². The predicted octanol–water partition coefficient (Wildman–Crippen LogP) is -2.45. The Morgan fingerprint density at radius 2 is 1.82 bits per heavy atom. The summed E-state index contributed by atoms with van der Waals surface area (Å²) in [7, 11) is 0. The second kappa shape index (κ2) is 5.45. The van der Waals surface area contributed by atoms with Gasteiger partial charge in [0.1, 0.15) is 6.10 Å². The van der Waals surface area contributed by atoms with Gasteiger partial charge in [-0.05, 0) is 0 Å². The minimum atomic E-state index is -0.954. The lowest BCUT2D eigenvalue weighted by atomic mass is 10.4. The maximum atomic E-state index is 9.72. The third-order valence-electron chi connectivity index (χ3n) is 1.15. The highest BCUT2D eigenvalue weighted by Crippen LogP contribution is 2.13. The van der Waals surface area contributed by atoms with Gasteiger partial charge in [-0.15, -0.1) is 0 Å². The summed E-state index contributed by atoms with van der Waals surface area (Å²) >= 11 is 0. The summed E-state index contributed by atoms with van der Waals surface area (Å²) in [6.45, 7) is 1.81. The van der Waals surface area contributed by atoms with E-state index in [0.717, 1.165) is 0 Å². The molecule has 0 bridgehead atoms.